The van der Waals surface area contributed by atoms with E-state index < -0.39 is 10.4 Å². The minimum atomic E-state index is -4.47. The molecule has 0 rings (SSSR count). The summed E-state index contributed by atoms with van der Waals surface area (Å²) < 4.78 is 33.9. The third-order valence-electron chi connectivity index (χ3n) is 1.48. The van der Waals surface area contributed by atoms with E-state index in [0.717, 1.165) is 25.7 Å². The van der Waals surface area contributed by atoms with Crippen LogP contribution in [0.3, 0.4) is 0 Å². The van der Waals surface area contributed by atoms with Crippen LogP contribution in [0.15, 0.2) is 0 Å². The molecule has 0 aromatic heterocycles. The number of rotatable bonds is 7. The zero-order chi connectivity index (χ0) is 9.45. The summed E-state index contributed by atoms with van der Waals surface area (Å²) in [7, 11) is -4.47. The first-order chi connectivity index (χ1) is 5.56. The van der Waals surface area contributed by atoms with Gasteiger partial charge in [0.2, 0.25) is 10.4 Å². The van der Waals surface area contributed by atoms with Crippen molar-refractivity contribution in [3.63, 3.8) is 0 Å². The monoisotopic (exact) mass is 195 g/mol. The molecule has 0 aromatic rings. The molecule has 12 heavy (non-hydrogen) atoms. The molecule has 5 heteroatoms. The Kier molecular flexibility index (Phi) is 6.32. The molecule has 0 N–H and O–H groups in total. The standard InChI is InChI=1S/C7H16O4S/c1-2-3-4-5-6-7-11-12(8,9)10/h2-7H2,1H3,(H,8,9,10)/p-1. The fraction of sp³-hybridized carbons (Fsp3) is 1.00. The summed E-state index contributed by atoms with van der Waals surface area (Å²) in [5, 5.41) is 0. The molecule has 0 saturated heterocycles. The Bertz CT molecular complexity index is 186. The van der Waals surface area contributed by atoms with E-state index >= 15 is 0 Å². The van der Waals surface area contributed by atoms with E-state index in [-0.39, 0.29) is 6.61 Å². The zero-order valence-electron chi connectivity index (χ0n) is 7.28. The van der Waals surface area contributed by atoms with Crippen LogP contribution in [0, 0.1) is 0 Å². The van der Waals surface area contributed by atoms with Gasteiger partial charge in [0.25, 0.3) is 0 Å². The second-order valence-corrected chi connectivity index (χ2v) is 3.70. The van der Waals surface area contributed by atoms with Gasteiger partial charge in [0.15, 0.2) is 0 Å². The molecule has 0 aromatic carbocycles. The van der Waals surface area contributed by atoms with E-state index in [1.54, 1.807) is 0 Å². The van der Waals surface area contributed by atoms with Crippen LogP contribution < -0.4 is 0 Å². The lowest BCUT2D eigenvalue weighted by atomic mass is 10.2. The predicted octanol–water partition coefficient (Wildman–Crippen LogP) is 1.43. The number of hydrogen-bond acceptors (Lipinski definition) is 4. The lowest BCUT2D eigenvalue weighted by molar-refractivity contribution is 0.255. The molecule has 0 aliphatic heterocycles. The van der Waals surface area contributed by atoms with Crippen molar-refractivity contribution in [1.82, 2.24) is 0 Å². The normalized spacial score (nSPS) is 11.8. The van der Waals surface area contributed by atoms with Gasteiger partial charge in [-0.2, -0.15) is 0 Å². The van der Waals surface area contributed by atoms with Crippen molar-refractivity contribution < 1.29 is 17.2 Å². The molecule has 0 fully saturated rings. The van der Waals surface area contributed by atoms with E-state index in [0.29, 0.717) is 6.42 Å². The van der Waals surface area contributed by atoms with E-state index in [1.165, 1.54) is 0 Å². The average molecular weight is 195 g/mol. The van der Waals surface area contributed by atoms with Crippen LogP contribution in [0.4, 0.5) is 0 Å². The SMILES string of the molecule is CCCCCCCOS(=O)(=O)[O-]. The van der Waals surface area contributed by atoms with Gasteiger partial charge in [-0.25, -0.2) is 8.42 Å². The molecule has 74 valence electrons. The molecule has 0 aliphatic rings. The van der Waals surface area contributed by atoms with Gasteiger partial charge in [-0.05, 0) is 6.42 Å². The van der Waals surface area contributed by atoms with E-state index in [1.807, 2.05) is 0 Å². The van der Waals surface area contributed by atoms with Crippen LogP contribution in [0.2, 0.25) is 0 Å². The highest BCUT2D eigenvalue weighted by Crippen LogP contribution is 2.02. The molecule has 0 unspecified atom stereocenters. The van der Waals surface area contributed by atoms with Crippen molar-refractivity contribution >= 4 is 10.4 Å². The summed E-state index contributed by atoms with van der Waals surface area (Å²) in [4.78, 5) is 0. The van der Waals surface area contributed by atoms with Crippen molar-refractivity contribution in [3.8, 4) is 0 Å². The Labute approximate surface area is 73.9 Å². The number of unbranched alkanes of at least 4 members (excludes halogenated alkanes) is 4. The lowest BCUT2D eigenvalue weighted by Crippen LogP contribution is -2.04. The van der Waals surface area contributed by atoms with E-state index in [9.17, 15) is 13.0 Å². The Morgan fingerprint density at radius 2 is 1.75 bits per heavy atom. The topological polar surface area (TPSA) is 66.4 Å². The number of hydrogen-bond donors (Lipinski definition) is 0. The van der Waals surface area contributed by atoms with Gasteiger partial charge in [-0.1, -0.05) is 32.6 Å². The molecular weight excluding hydrogens is 180 g/mol. The van der Waals surface area contributed by atoms with Crippen molar-refractivity contribution in [2.24, 2.45) is 0 Å². The van der Waals surface area contributed by atoms with Gasteiger partial charge >= 0.3 is 0 Å². The van der Waals surface area contributed by atoms with Crippen molar-refractivity contribution in [1.29, 1.82) is 0 Å². The molecule has 0 heterocycles. The van der Waals surface area contributed by atoms with E-state index in [2.05, 4.69) is 11.1 Å². The average Bonchev–Trinajstić information content (AvgIpc) is 1.94. The Morgan fingerprint density at radius 1 is 1.17 bits per heavy atom. The van der Waals surface area contributed by atoms with E-state index in [4.69, 9.17) is 0 Å². The molecule has 0 aliphatic carbocycles. The van der Waals surface area contributed by atoms with Crippen LogP contribution in [0.1, 0.15) is 39.0 Å². The molecule has 0 amide bonds. The van der Waals surface area contributed by atoms with Gasteiger partial charge in [-0.15, -0.1) is 0 Å². The quantitative estimate of drug-likeness (QED) is 0.350. The minimum Gasteiger partial charge on any atom is -0.726 e. The predicted molar refractivity (Wildman–Crippen MR) is 44.4 cm³/mol. The fourth-order valence-corrected chi connectivity index (χ4v) is 1.19. The highest BCUT2D eigenvalue weighted by atomic mass is 32.3. The van der Waals surface area contributed by atoms with Gasteiger partial charge in [0.05, 0.1) is 6.61 Å². The van der Waals surface area contributed by atoms with Gasteiger partial charge < -0.3 is 4.55 Å². The van der Waals surface area contributed by atoms with Crippen LogP contribution >= 0.6 is 0 Å². The van der Waals surface area contributed by atoms with Crippen LogP contribution in [0.5, 0.6) is 0 Å². The van der Waals surface area contributed by atoms with Crippen molar-refractivity contribution in [3.05, 3.63) is 0 Å². The molecule has 0 saturated carbocycles. The first kappa shape index (κ1) is 11.9. The molecule has 0 atom stereocenters. The second kappa shape index (κ2) is 6.39. The zero-order valence-corrected chi connectivity index (χ0v) is 8.10. The Hall–Kier alpha value is -0.130. The maximum absolute atomic E-state index is 9.94. The Morgan fingerprint density at radius 3 is 2.25 bits per heavy atom. The second-order valence-electron chi connectivity index (χ2n) is 2.64. The third-order valence-corrected chi connectivity index (χ3v) is 1.93. The fourth-order valence-electron chi connectivity index (χ4n) is 0.867. The van der Waals surface area contributed by atoms with Gasteiger partial charge in [0, 0.05) is 0 Å². The third kappa shape index (κ3) is 9.87. The largest absolute Gasteiger partial charge is 0.726 e. The molecule has 0 spiro atoms. The first-order valence-corrected chi connectivity index (χ1v) is 5.50. The molecule has 0 radical (unpaired) electrons. The van der Waals surface area contributed by atoms with Gasteiger partial charge in [-0.3, -0.25) is 4.18 Å². The highest BCUT2D eigenvalue weighted by Gasteiger charge is 1.94. The molecular formula is C7H15O4S-. The summed E-state index contributed by atoms with van der Waals surface area (Å²) in [6.07, 6.45) is 4.91. The summed E-state index contributed by atoms with van der Waals surface area (Å²) in [5.41, 5.74) is 0. The minimum absolute atomic E-state index is 0.0234. The summed E-state index contributed by atoms with van der Waals surface area (Å²) in [5.74, 6) is 0. The Balaban J connectivity index is 3.12. The maximum Gasteiger partial charge on any atom is 0.217 e. The van der Waals surface area contributed by atoms with Crippen LogP contribution in [-0.4, -0.2) is 19.6 Å². The van der Waals surface area contributed by atoms with Crippen molar-refractivity contribution in [2.75, 3.05) is 6.61 Å². The summed E-state index contributed by atoms with van der Waals surface area (Å²) >= 11 is 0. The molecule has 0 bridgehead atoms. The first-order valence-electron chi connectivity index (χ1n) is 4.16. The maximum atomic E-state index is 9.94. The molecule has 4 nitrogen and oxygen atoms in total. The van der Waals surface area contributed by atoms with Crippen LogP contribution in [-0.2, 0) is 14.6 Å². The smallest absolute Gasteiger partial charge is 0.217 e. The highest BCUT2D eigenvalue weighted by molar-refractivity contribution is 7.80. The van der Waals surface area contributed by atoms with Crippen molar-refractivity contribution in [2.45, 2.75) is 39.0 Å². The lowest BCUT2D eigenvalue weighted by Gasteiger charge is -2.06. The summed E-state index contributed by atoms with van der Waals surface area (Å²) in [6.45, 7) is 2.12. The van der Waals surface area contributed by atoms with Crippen LogP contribution in [0.25, 0.3) is 0 Å². The summed E-state index contributed by atoms with van der Waals surface area (Å²) in [6, 6.07) is 0. The van der Waals surface area contributed by atoms with Gasteiger partial charge in [0.1, 0.15) is 0 Å².